The molecule has 1 heterocycles. The number of aliphatic hydroxyl groups is 1. The van der Waals surface area contributed by atoms with Gasteiger partial charge in [-0.1, -0.05) is 42.5 Å². The smallest absolute Gasteiger partial charge is 0.343 e. The fourth-order valence-electron chi connectivity index (χ4n) is 4.48. The summed E-state index contributed by atoms with van der Waals surface area (Å²) in [5.74, 6) is -0.141. The van der Waals surface area contributed by atoms with Gasteiger partial charge >= 0.3 is 5.97 Å². The van der Waals surface area contributed by atoms with Crippen LogP contribution in [0.4, 0.5) is 0 Å². The number of β-amino-alcohol motifs (C(OH)–C–C–N with tert-alkyl or cyclic N) is 1. The number of hydrogen-bond acceptors (Lipinski definition) is 7. The Labute approximate surface area is 212 Å². The maximum absolute atomic E-state index is 12.9. The van der Waals surface area contributed by atoms with E-state index in [-0.39, 0.29) is 22.3 Å². The van der Waals surface area contributed by atoms with Gasteiger partial charge in [-0.05, 0) is 72.8 Å². The molecular weight excluding hydrogens is 476 g/mol. The number of likely N-dealkylation sites (tertiary alicyclic amines) is 1. The van der Waals surface area contributed by atoms with E-state index in [9.17, 15) is 18.3 Å². The molecule has 0 bridgehead atoms. The lowest BCUT2D eigenvalue weighted by molar-refractivity contribution is 0.0245. The Bertz CT molecular complexity index is 1260. The Morgan fingerprint density at radius 2 is 1.72 bits per heavy atom. The molecule has 0 aliphatic carbocycles. The number of sulfone groups is 1. The molecule has 0 radical (unpaired) electrons. The number of carbonyl (C=O) groups is 1. The second-order valence-electron chi connectivity index (χ2n) is 9.19. The molecule has 1 saturated heterocycles. The van der Waals surface area contributed by atoms with Gasteiger partial charge in [0.15, 0.2) is 9.84 Å². The third-order valence-corrected chi connectivity index (χ3v) is 8.32. The van der Waals surface area contributed by atoms with Gasteiger partial charge in [0.1, 0.15) is 5.75 Å². The molecule has 7 nitrogen and oxygen atoms in total. The van der Waals surface area contributed by atoms with Crippen LogP contribution < -0.4 is 10.5 Å². The van der Waals surface area contributed by atoms with Crippen molar-refractivity contribution in [1.29, 1.82) is 0 Å². The van der Waals surface area contributed by atoms with Gasteiger partial charge in [-0.25, -0.2) is 13.2 Å². The Morgan fingerprint density at radius 1 is 1.00 bits per heavy atom. The molecule has 0 unspecified atom stereocenters. The SMILES string of the molecule is NCc1cccc(C(=O)Oc2ccc(S(=O)(=O)CCN3CC[C@H](Cc4ccccc4)[C@H](O)C3)cc2)c1. The molecule has 190 valence electrons. The van der Waals surface area contributed by atoms with Crippen molar-refractivity contribution in [1.82, 2.24) is 4.90 Å². The van der Waals surface area contributed by atoms with Crippen LogP contribution in [0.1, 0.15) is 27.9 Å². The predicted octanol–water partition coefficient (Wildman–Crippen LogP) is 3.06. The summed E-state index contributed by atoms with van der Waals surface area (Å²) in [7, 11) is -3.52. The number of esters is 1. The van der Waals surface area contributed by atoms with E-state index in [4.69, 9.17) is 10.5 Å². The molecule has 3 aromatic rings. The van der Waals surface area contributed by atoms with E-state index in [1.54, 1.807) is 18.2 Å². The third kappa shape index (κ3) is 6.79. The number of rotatable bonds is 9. The highest BCUT2D eigenvalue weighted by atomic mass is 32.2. The van der Waals surface area contributed by atoms with Crippen LogP contribution in [-0.2, 0) is 22.8 Å². The average Bonchev–Trinajstić information content (AvgIpc) is 2.90. The maximum atomic E-state index is 12.9. The maximum Gasteiger partial charge on any atom is 0.343 e. The molecule has 0 aromatic heterocycles. The Balaban J connectivity index is 1.29. The number of carbonyl (C=O) groups excluding carboxylic acids is 1. The molecule has 8 heteroatoms. The Morgan fingerprint density at radius 3 is 2.42 bits per heavy atom. The van der Waals surface area contributed by atoms with E-state index in [1.165, 1.54) is 29.8 Å². The normalized spacial score (nSPS) is 18.6. The first-order valence-electron chi connectivity index (χ1n) is 12.1. The molecule has 0 saturated carbocycles. The Kier molecular flexibility index (Phi) is 8.53. The minimum atomic E-state index is -3.52. The van der Waals surface area contributed by atoms with Crippen LogP contribution in [-0.4, -0.2) is 55.9 Å². The zero-order valence-corrected chi connectivity index (χ0v) is 20.9. The van der Waals surface area contributed by atoms with Gasteiger partial charge < -0.3 is 15.6 Å². The summed E-state index contributed by atoms with van der Waals surface area (Å²) >= 11 is 0. The summed E-state index contributed by atoms with van der Waals surface area (Å²) in [6, 6.07) is 22.9. The highest BCUT2D eigenvalue weighted by Crippen LogP contribution is 2.23. The topological polar surface area (TPSA) is 110 Å². The molecule has 1 aliphatic rings. The second-order valence-corrected chi connectivity index (χ2v) is 11.3. The van der Waals surface area contributed by atoms with Gasteiger partial charge in [0, 0.05) is 19.6 Å². The summed E-state index contributed by atoms with van der Waals surface area (Å²) in [4.78, 5) is 14.6. The van der Waals surface area contributed by atoms with Gasteiger partial charge in [-0.3, -0.25) is 4.90 Å². The molecule has 3 N–H and O–H groups in total. The average molecular weight is 509 g/mol. The van der Waals surface area contributed by atoms with Crippen molar-refractivity contribution in [3.8, 4) is 5.75 Å². The predicted molar refractivity (Wildman–Crippen MR) is 138 cm³/mol. The first kappa shape index (κ1) is 26.0. The number of nitrogens with zero attached hydrogens (tertiary/aromatic N) is 1. The molecule has 3 aromatic carbocycles. The van der Waals surface area contributed by atoms with Gasteiger partial charge in [-0.15, -0.1) is 0 Å². The van der Waals surface area contributed by atoms with Crippen LogP contribution in [0.5, 0.6) is 5.75 Å². The first-order chi connectivity index (χ1) is 17.3. The lowest BCUT2D eigenvalue weighted by atomic mass is 9.88. The van der Waals surface area contributed by atoms with Crippen molar-refractivity contribution in [2.24, 2.45) is 11.7 Å². The summed E-state index contributed by atoms with van der Waals surface area (Å²) < 4.78 is 31.1. The molecular formula is C28H32N2O5S. The zero-order valence-electron chi connectivity index (χ0n) is 20.1. The minimum absolute atomic E-state index is 0.0475. The van der Waals surface area contributed by atoms with Crippen molar-refractivity contribution in [2.75, 3.05) is 25.4 Å². The van der Waals surface area contributed by atoms with Crippen LogP contribution in [0.25, 0.3) is 0 Å². The van der Waals surface area contributed by atoms with Crippen molar-refractivity contribution in [3.05, 3.63) is 95.6 Å². The van der Waals surface area contributed by atoms with Crippen molar-refractivity contribution < 1.29 is 23.1 Å². The lowest BCUT2D eigenvalue weighted by Gasteiger charge is -2.36. The van der Waals surface area contributed by atoms with Crippen LogP contribution in [0, 0.1) is 5.92 Å². The van der Waals surface area contributed by atoms with Crippen molar-refractivity contribution in [3.63, 3.8) is 0 Å². The molecule has 1 aliphatic heterocycles. The third-order valence-electron chi connectivity index (χ3n) is 6.61. The molecule has 1 fully saturated rings. The van der Waals surface area contributed by atoms with Gasteiger partial charge in [0.2, 0.25) is 0 Å². The summed E-state index contributed by atoms with van der Waals surface area (Å²) in [5.41, 5.74) is 8.02. The first-order valence-corrected chi connectivity index (χ1v) is 13.8. The second kappa shape index (κ2) is 11.8. The molecule has 2 atom stereocenters. The van der Waals surface area contributed by atoms with E-state index in [2.05, 4.69) is 12.1 Å². The van der Waals surface area contributed by atoms with E-state index in [0.717, 1.165) is 24.9 Å². The standard InChI is InChI=1S/C28H32N2O5S/c29-19-22-7-4-8-24(18-22)28(32)35-25-9-11-26(12-10-25)36(33,34)16-15-30-14-13-23(27(31)20-30)17-21-5-2-1-3-6-21/h1-12,18,23,27,31H,13-17,19-20,29H2/t23-,27-/m1/s1. The highest BCUT2D eigenvalue weighted by molar-refractivity contribution is 7.91. The largest absolute Gasteiger partial charge is 0.423 e. The monoisotopic (exact) mass is 508 g/mol. The van der Waals surface area contributed by atoms with Crippen LogP contribution in [0.15, 0.2) is 83.8 Å². The van der Waals surface area contributed by atoms with Gasteiger partial charge in [0.25, 0.3) is 0 Å². The lowest BCUT2D eigenvalue weighted by Crippen LogP contribution is -2.46. The number of benzene rings is 3. The van der Waals surface area contributed by atoms with Crippen molar-refractivity contribution in [2.45, 2.75) is 30.4 Å². The fraction of sp³-hybridized carbons (Fsp3) is 0.321. The molecule has 4 rings (SSSR count). The summed E-state index contributed by atoms with van der Waals surface area (Å²) in [6.45, 7) is 1.89. The fourth-order valence-corrected chi connectivity index (χ4v) is 5.76. The van der Waals surface area contributed by atoms with Crippen LogP contribution in [0.3, 0.4) is 0 Å². The van der Waals surface area contributed by atoms with E-state index in [1.807, 2.05) is 29.2 Å². The van der Waals surface area contributed by atoms with E-state index < -0.39 is 21.9 Å². The summed E-state index contributed by atoms with van der Waals surface area (Å²) in [6.07, 6.45) is 1.16. The number of ether oxygens (including phenoxy) is 1. The molecule has 36 heavy (non-hydrogen) atoms. The van der Waals surface area contributed by atoms with Crippen LogP contribution in [0.2, 0.25) is 0 Å². The summed E-state index contributed by atoms with van der Waals surface area (Å²) in [5, 5.41) is 10.6. The number of aliphatic hydroxyl groups excluding tert-OH is 1. The zero-order chi connectivity index (χ0) is 25.5. The number of hydrogen-bond donors (Lipinski definition) is 2. The van der Waals surface area contributed by atoms with E-state index in [0.29, 0.717) is 25.2 Å². The molecule has 0 amide bonds. The van der Waals surface area contributed by atoms with Gasteiger partial charge in [-0.2, -0.15) is 0 Å². The minimum Gasteiger partial charge on any atom is -0.423 e. The number of nitrogens with two attached hydrogens (primary N) is 1. The molecule has 0 spiro atoms. The Hall–Kier alpha value is -3.04. The number of piperidine rings is 1. The van der Waals surface area contributed by atoms with Gasteiger partial charge in [0.05, 0.1) is 22.3 Å². The quantitative estimate of drug-likeness (QED) is 0.338. The highest BCUT2D eigenvalue weighted by Gasteiger charge is 2.28. The van der Waals surface area contributed by atoms with E-state index >= 15 is 0 Å². The van der Waals surface area contributed by atoms with Crippen molar-refractivity contribution >= 4 is 15.8 Å². The van der Waals surface area contributed by atoms with Crippen LogP contribution >= 0.6 is 0 Å².